The molecule has 34 heavy (non-hydrogen) atoms. The van der Waals surface area contributed by atoms with E-state index in [1.807, 2.05) is 36.4 Å². The van der Waals surface area contributed by atoms with Gasteiger partial charge in [-0.1, -0.05) is 12.1 Å². The predicted octanol–water partition coefficient (Wildman–Crippen LogP) is 3.13. The molecule has 0 aliphatic carbocycles. The normalized spacial score (nSPS) is 11.0. The molecular formula is C24H18N4O5S. The molecule has 3 heterocycles. The van der Waals surface area contributed by atoms with Gasteiger partial charge in [0.1, 0.15) is 21.2 Å². The number of methoxy groups -OCH3 is 2. The molecule has 5 aromatic rings. The highest BCUT2D eigenvalue weighted by molar-refractivity contribution is 7.21. The molecule has 5 rings (SSSR count). The molecular weight excluding hydrogens is 456 g/mol. The van der Waals surface area contributed by atoms with Gasteiger partial charge in [0, 0.05) is 23.1 Å². The van der Waals surface area contributed by atoms with Crippen LogP contribution < -0.4 is 25.0 Å². The Labute approximate surface area is 197 Å². The molecule has 2 N–H and O–H groups in total. The highest BCUT2D eigenvalue weighted by Gasteiger charge is 2.32. The van der Waals surface area contributed by atoms with E-state index in [4.69, 9.17) is 19.7 Å². The first-order chi connectivity index (χ1) is 16.5. The summed E-state index contributed by atoms with van der Waals surface area (Å²) < 4.78 is 16.4. The number of carbonyl (C=O) groups excluding carboxylic acids is 1. The number of nitrogens with two attached hydrogens (primary N) is 1. The molecule has 2 aromatic carbocycles. The topological polar surface area (TPSA) is 127 Å². The van der Waals surface area contributed by atoms with Crippen LogP contribution in [0.5, 0.6) is 17.4 Å². The first-order valence-corrected chi connectivity index (χ1v) is 10.9. The zero-order valence-corrected chi connectivity index (χ0v) is 19.0. The second kappa shape index (κ2) is 8.49. The number of hydrogen-bond acceptors (Lipinski definition) is 9. The van der Waals surface area contributed by atoms with Crippen molar-refractivity contribution >= 4 is 33.0 Å². The van der Waals surface area contributed by atoms with Gasteiger partial charge in [-0.2, -0.15) is 0 Å². The number of benzene rings is 2. The van der Waals surface area contributed by atoms with Crippen LogP contribution in [0.4, 0.5) is 5.69 Å². The van der Waals surface area contributed by atoms with Gasteiger partial charge in [0.25, 0.3) is 5.78 Å². The van der Waals surface area contributed by atoms with Crippen molar-refractivity contribution in [2.75, 3.05) is 20.0 Å². The monoisotopic (exact) mass is 474 g/mol. The Morgan fingerprint density at radius 3 is 2.56 bits per heavy atom. The Bertz CT molecular complexity index is 1520. The summed E-state index contributed by atoms with van der Waals surface area (Å²) in [5, 5.41) is 16.8. The van der Waals surface area contributed by atoms with E-state index in [1.54, 1.807) is 38.5 Å². The third-order valence-electron chi connectivity index (χ3n) is 5.31. The van der Waals surface area contributed by atoms with E-state index < -0.39 is 11.7 Å². The van der Waals surface area contributed by atoms with Crippen molar-refractivity contribution in [3.63, 3.8) is 0 Å². The number of nitrogen functional groups attached to an aromatic ring is 1. The number of pyridine rings is 1. The van der Waals surface area contributed by atoms with E-state index >= 15 is 0 Å². The highest BCUT2D eigenvalue weighted by atomic mass is 32.1. The van der Waals surface area contributed by atoms with Crippen molar-refractivity contribution in [1.29, 1.82) is 0 Å². The molecule has 0 unspecified atom stereocenters. The number of ketones is 1. The molecule has 0 bridgehead atoms. The number of rotatable bonds is 6. The summed E-state index contributed by atoms with van der Waals surface area (Å²) in [6.07, 6.45) is 0. The van der Waals surface area contributed by atoms with Crippen LogP contribution in [0.15, 0.2) is 65.2 Å². The van der Waals surface area contributed by atoms with Crippen molar-refractivity contribution in [1.82, 2.24) is 10.3 Å². The Morgan fingerprint density at radius 1 is 1.06 bits per heavy atom. The molecule has 0 spiro atoms. The number of hydrogen-bond donors (Lipinski definition) is 1. The van der Waals surface area contributed by atoms with Crippen LogP contribution in [0.1, 0.15) is 15.4 Å². The largest absolute Gasteiger partial charge is 0.539 e. The van der Waals surface area contributed by atoms with Gasteiger partial charge < -0.3 is 24.8 Å². The van der Waals surface area contributed by atoms with Gasteiger partial charge in [-0.3, -0.25) is 4.79 Å². The average Bonchev–Trinajstić information content (AvgIpc) is 3.43. The summed E-state index contributed by atoms with van der Waals surface area (Å²) in [6.45, 7) is 0. The molecule has 0 saturated carbocycles. The minimum Gasteiger partial charge on any atom is -0.539 e. The molecule has 9 nitrogen and oxygen atoms in total. The third kappa shape index (κ3) is 3.59. The van der Waals surface area contributed by atoms with Gasteiger partial charge in [-0.15, -0.1) is 11.3 Å². The summed E-state index contributed by atoms with van der Waals surface area (Å²) in [5.74, 6) is -0.123. The predicted molar refractivity (Wildman–Crippen MR) is 123 cm³/mol. The maximum atomic E-state index is 13.4. The molecule has 170 valence electrons. The minimum absolute atomic E-state index is 0.188. The summed E-state index contributed by atoms with van der Waals surface area (Å²) in [4.78, 5) is 18.9. The average molecular weight is 474 g/mol. The van der Waals surface area contributed by atoms with Crippen LogP contribution in [0.25, 0.3) is 27.2 Å². The molecule has 0 amide bonds. The Hall–Kier alpha value is -4.44. The lowest BCUT2D eigenvalue weighted by Gasteiger charge is -2.04. The molecule has 0 saturated heterocycles. The molecule has 10 heteroatoms. The van der Waals surface area contributed by atoms with Crippen molar-refractivity contribution in [3.05, 3.63) is 71.2 Å². The van der Waals surface area contributed by atoms with Gasteiger partial charge >= 0.3 is 5.69 Å². The molecule has 0 fully saturated rings. The Kier molecular flexibility index (Phi) is 5.34. The van der Waals surface area contributed by atoms with Gasteiger partial charge in [0.15, 0.2) is 5.95 Å². The Morgan fingerprint density at radius 2 is 1.82 bits per heavy atom. The van der Waals surface area contributed by atoms with Crippen LogP contribution in [0.2, 0.25) is 0 Å². The first kappa shape index (κ1) is 21.4. The third-order valence-corrected chi connectivity index (χ3v) is 6.42. The summed E-state index contributed by atoms with van der Waals surface area (Å²) in [6, 6.07) is 17.8. The fourth-order valence-electron chi connectivity index (χ4n) is 3.55. The first-order valence-electron chi connectivity index (χ1n) is 10.1. The summed E-state index contributed by atoms with van der Waals surface area (Å²) >= 11 is 1.11. The van der Waals surface area contributed by atoms with Crippen molar-refractivity contribution in [3.8, 4) is 34.4 Å². The number of thiophene rings is 1. The van der Waals surface area contributed by atoms with E-state index in [1.165, 1.54) is 0 Å². The number of aromatic nitrogens is 3. The van der Waals surface area contributed by atoms with Crippen LogP contribution in [0.3, 0.4) is 0 Å². The zero-order valence-electron chi connectivity index (χ0n) is 18.1. The number of fused-ring (bicyclic) bond motifs is 1. The number of ether oxygens (including phenoxy) is 2. The van der Waals surface area contributed by atoms with Crippen molar-refractivity contribution < 1.29 is 28.6 Å². The zero-order chi connectivity index (χ0) is 23.8. The second-order valence-electron chi connectivity index (χ2n) is 7.27. The van der Waals surface area contributed by atoms with Crippen LogP contribution in [-0.2, 0) is 0 Å². The van der Waals surface area contributed by atoms with Crippen LogP contribution in [-0.4, -0.2) is 30.3 Å². The quantitative estimate of drug-likeness (QED) is 0.294. The lowest BCUT2D eigenvalue weighted by atomic mass is 10.1. The van der Waals surface area contributed by atoms with Gasteiger partial charge in [-0.05, 0) is 41.1 Å². The van der Waals surface area contributed by atoms with Crippen molar-refractivity contribution in [2.45, 2.75) is 0 Å². The molecule has 0 atom stereocenters. The van der Waals surface area contributed by atoms with E-state index in [0.717, 1.165) is 21.6 Å². The fraction of sp³-hybridized carbons (Fsp3) is 0.0833. The summed E-state index contributed by atoms with van der Waals surface area (Å²) in [5.41, 5.74) is 8.33. The van der Waals surface area contributed by atoms with Crippen LogP contribution >= 0.6 is 11.3 Å². The minimum atomic E-state index is -0.859. The fourth-order valence-corrected chi connectivity index (χ4v) is 4.59. The lowest BCUT2D eigenvalue weighted by Crippen LogP contribution is -2.39. The van der Waals surface area contributed by atoms with Crippen molar-refractivity contribution in [2.24, 2.45) is 0 Å². The second-order valence-corrected chi connectivity index (χ2v) is 8.27. The van der Waals surface area contributed by atoms with Gasteiger partial charge in [0.05, 0.1) is 30.9 Å². The van der Waals surface area contributed by atoms with E-state index in [-0.39, 0.29) is 16.3 Å². The lowest BCUT2D eigenvalue weighted by molar-refractivity contribution is -0.672. The Balaban J connectivity index is 1.56. The number of nitrogens with zero attached hydrogens (tertiary/aromatic N) is 3. The molecule has 3 aromatic heterocycles. The van der Waals surface area contributed by atoms with Crippen LogP contribution in [0, 0.1) is 0 Å². The van der Waals surface area contributed by atoms with E-state index in [2.05, 4.69) is 10.3 Å². The SMILES string of the molecule is COc1ccc(-[n+]2noc([O-])c2C(=O)c2sc3nc(-c4cccc(OC)c4)ccc3c2N)cc1. The van der Waals surface area contributed by atoms with E-state index in [0.29, 0.717) is 33.1 Å². The maximum Gasteiger partial charge on any atom is 0.312 e. The summed E-state index contributed by atoms with van der Waals surface area (Å²) in [7, 11) is 3.14. The molecule has 0 radical (unpaired) electrons. The van der Waals surface area contributed by atoms with Gasteiger partial charge in [0.2, 0.25) is 5.69 Å². The smallest absolute Gasteiger partial charge is 0.312 e. The molecule has 0 aliphatic rings. The molecule has 0 aliphatic heterocycles. The number of anilines is 1. The standard InChI is InChI=1S/C24H18N4O5S/c1-31-15-8-6-14(7-9-15)28-20(24(30)33-27-28)21(29)22-19(25)17-10-11-18(26-23(17)34-22)13-4-3-5-16(12-13)32-2/h3-12H,1-2H3,(H2-,25,27,29,30). The number of carbonyl (C=O) groups is 1. The van der Waals surface area contributed by atoms with Gasteiger partial charge in [-0.25, -0.2) is 4.98 Å². The highest BCUT2D eigenvalue weighted by Crippen LogP contribution is 2.36. The van der Waals surface area contributed by atoms with E-state index in [9.17, 15) is 9.90 Å². The maximum absolute atomic E-state index is 13.4.